The van der Waals surface area contributed by atoms with Crippen molar-refractivity contribution in [1.82, 2.24) is 9.72 Å². The zero-order chi connectivity index (χ0) is 11.0. The van der Waals surface area contributed by atoms with Crippen molar-refractivity contribution in [3.05, 3.63) is 39.6 Å². The van der Waals surface area contributed by atoms with Gasteiger partial charge in [0, 0.05) is 18.8 Å². The minimum atomic E-state index is -0.170. The predicted octanol–water partition coefficient (Wildman–Crippen LogP) is 2.00. The Morgan fingerprint density at radius 2 is 2.20 bits per heavy atom. The quantitative estimate of drug-likeness (QED) is 0.696. The highest BCUT2D eigenvalue weighted by atomic mass is 35.5. The van der Waals surface area contributed by atoms with Crippen molar-refractivity contribution < 1.29 is 4.52 Å². The van der Waals surface area contributed by atoms with Crippen molar-refractivity contribution >= 4 is 11.6 Å². The summed E-state index contributed by atoms with van der Waals surface area (Å²) in [7, 11) is 1.57. The Balaban J connectivity index is 2.64. The van der Waals surface area contributed by atoms with E-state index in [1.54, 1.807) is 32.3 Å². The molecule has 0 aromatic carbocycles. The minimum absolute atomic E-state index is 0.170. The van der Waals surface area contributed by atoms with Crippen molar-refractivity contribution in [3.8, 4) is 11.1 Å². The largest absolute Gasteiger partial charge is 0.381 e. The van der Waals surface area contributed by atoms with Gasteiger partial charge in [0.15, 0.2) is 0 Å². The molecule has 0 fully saturated rings. The van der Waals surface area contributed by atoms with Gasteiger partial charge in [0.05, 0.1) is 5.56 Å². The summed E-state index contributed by atoms with van der Waals surface area (Å²) in [5.41, 5.74) is 1.07. The van der Waals surface area contributed by atoms with Crippen LogP contribution in [0.2, 0.25) is 5.15 Å². The Kier molecular flexibility index (Phi) is 2.36. The molecule has 0 saturated carbocycles. The first-order valence-corrected chi connectivity index (χ1v) is 4.76. The van der Waals surface area contributed by atoms with Crippen LogP contribution < -0.4 is 5.56 Å². The van der Waals surface area contributed by atoms with Gasteiger partial charge in [-0.15, -0.1) is 0 Å². The van der Waals surface area contributed by atoms with E-state index in [9.17, 15) is 4.79 Å². The van der Waals surface area contributed by atoms with Crippen molar-refractivity contribution in [3.63, 3.8) is 0 Å². The normalized spacial score (nSPS) is 10.6. The average molecular weight is 225 g/mol. The van der Waals surface area contributed by atoms with Gasteiger partial charge in [0.1, 0.15) is 10.9 Å². The summed E-state index contributed by atoms with van der Waals surface area (Å²) in [6, 6.07) is 3.39. The van der Waals surface area contributed by atoms with E-state index in [2.05, 4.69) is 4.98 Å². The molecule has 0 spiro atoms. The van der Waals surface area contributed by atoms with Crippen molar-refractivity contribution in [2.24, 2.45) is 7.05 Å². The molecule has 2 aromatic rings. The van der Waals surface area contributed by atoms with Crippen LogP contribution in [0.3, 0.4) is 0 Å². The van der Waals surface area contributed by atoms with Gasteiger partial charge in [-0.25, -0.2) is 4.98 Å². The van der Waals surface area contributed by atoms with Crippen molar-refractivity contribution in [2.75, 3.05) is 0 Å². The lowest BCUT2D eigenvalue weighted by atomic mass is 10.1. The molecule has 0 aliphatic heterocycles. The van der Waals surface area contributed by atoms with E-state index in [-0.39, 0.29) is 5.56 Å². The Labute approximate surface area is 91.1 Å². The third kappa shape index (κ3) is 1.68. The Hall–Kier alpha value is -1.55. The van der Waals surface area contributed by atoms with Gasteiger partial charge in [0.25, 0.3) is 5.56 Å². The van der Waals surface area contributed by atoms with Crippen molar-refractivity contribution in [1.29, 1.82) is 0 Å². The van der Waals surface area contributed by atoms with E-state index in [1.165, 1.54) is 4.74 Å². The average Bonchev–Trinajstić information content (AvgIpc) is 2.44. The van der Waals surface area contributed by atoms with Crippen molar-refractivity contribution in [2.45, 2.75) is 6.92 Å². The molecule has 0 radical (unpaired) electrons. The summed E-state index contributed by atoms with van der Waals surface area (Å²) in [5, 5.41) is 0.400. The number of rotatable bonds is 1. The summed E-state index contributed by atoms with van der Waals surface area (Å²) < 4.78 is 6.37. The van der Waals surface area contributed by atoms with E-state index < -0.39 is 0 Å². The van der Waals surface area contributed by atoms with Crippen LogP contribution in [0.1, 0.15) is 5.76 Å². The van der Waals surface area contributed by atoms with Gasteiger partial charge >= 0.3 is 0 Å². The predicted molar refractivity (Wildman–Crippen MR) is 56.9 cm³/mol. The fourth-order valence-corrected chi connectivity index (χ4v) is 1.56. The van der Waals surface area contributed by atoms with Crippen LogP contribution in [-0.2, 0) is 7.05 Å². The van der Waals surface area contributed by atoms with E-state index in [4.69, 9.17) is 16.1 Å². The molecule has 0 atom stereocenters. The lowest BCUT2D eigenvalue weighted by molar-refractivity contribution is 0.283. The SMILES string of the molecule is Cc1on(C)c(=O)c1-c1ccc(Cl)nc1. The van der Waals surface area contributed by atoms with Gasteiger partial charge in [-0.2, -0.15) is 4.74 Å². The number of hydrogen-bond donors (Lipinski definition) is 0. The van der Waals surface area contributed by atoms with E-state index >= 15 is 0 Å². The fraction of sp³-hybridized carbons (Fsp3) is 0.200. The van der Waals surface area contributed by atoms with E-state index in [0.29, 0.717) is 22.0 Å². The molecule has 4 nitrogen and oxygen atoms in total. The van der Waals surface area contributed by atoms with Gasteiger partial charge in [-0.05, 0) is 19.1 Å². The molecule has 0 unspecified atom stereocenters. The molecule has 0 amide bonds. The molecular weight excluding hydrogens is 216 g/mol. The van der Waals surface area contributed by atoms with Gasteiger partial charge in [-0.1, -0.05) is 11.6 Å². The second kappa shape index (κ2) is 3.55. The maximum atomic E-state index is 11.7. The Morgan fingerprint density at radius 3 is 2.67 bits per heavy atom. The number of pyridine rings is 1. The maximum absolute atomic E-state index is 11.7. The molecule has 0 aliphatic carbocycles. The van der Waals surface area contributed by atoms with Crippen LogP contribution in [-0.4, -0.2) is 9.72 Å². The van der Waals surface area contributed by atoms with Crippen LogP contribution in [0.5, 0.6) is 0 Å². The third-order valence-electron chi connectivity index (χ3n) is 2.14. The van der Waals surface area contributed by atoms with Crippen LogP contribution in [0.15, 0.2) is 27.6 Å². The highest BCUT2D eigenvalue weighted by molar-refractivity contribution is 6.29. The topological polar surface area (TPSA) is 48.0 Å². The molecule has 2 rings (SSSR count). The Bertz CT molecular complexity index is 540. The molecular formula is C10H9ClN2O2. The number of hydrogen-bond acceptors (Lipinski definition) is 3. The van der Waals surface area contributed by atoms with Gasteiger partial charge < -0.3 is 4.52 Å². The zero-order valence-electron chi connectivity index (χ0n) is 8.32. The van der Waals surface area contributed by atoms with Crippen LogP contribution in [0.25, 0.3) is 11.1 Å². The third-order valence-corrected chi connectivity index (χ3v) is 2.37. The molecule has 0 bridgehead atoms. The summed E-state index contributed by atoms with van der Waals surface area (Å²) >= 11 is 5.67. The molecule has 2 heterocycles. The molecule has 78 valence electrons. The van der Waals surface area contributed by atoms with Crippen LogP contribution >= 0.6 is 11.6 Å². The molecule has 15 heavy (non-hydrogen) atoms. The highest BCUT2D eigenvalue weighted by Crippen LogP contribution is 2.20. The summed E-state index contributed by atoms with van der Waals surface area (Å²) in [5.74, 6) is 0.576. The first-order chi connectivity index (χ1) is 7.09. The number of aromatic nitrogens is 2. The number of aryl methyl sites for hydroxylation is 2. The first-order valence-electron chi connectivity index (χ1n) is 4.38. The van der Waals surface area contributed by atoms with Gasteiger partial charge in [0.2, 0.25) is 0 Å². The maximum Gasteiger partial charge on any atom is 0.290 e. The number of nitrogens with zero attached hydrogens (tertiary/aromatic N) is 2. The van der Waals surface area contributed by atoms with Gasteiger partial charge in [-0.3, -0.25) is 4.79 Å². The Morgan fingerprint density at radius 1 is 1.47 bits per heavy atom. The molecule has 0 N–H and O–H groups in total. The molecule has 2 aromatic heterocycles. The second-order valence-corrected chi connectivity index (χ2v) is 3.58. The van der Waals surface area contributed by atoms with E-state index in [1.807, 2.05) is 0 Å². The molecule has 5 heteroatoms. The minimum Gasteiger partial charge on any atom is -0.381 e. The molecule has 0 aliphatic rings. The van der Waals surface area contributed by atoms with Crippen LogP contribution in [0.4, 0.5) is 0 Å². The monoisotopic (exact) mass is 224 g/mol. The van der Waals surface area contributed by atoms with Crippen LogP contribution in [0, 0.1) is 6.92 Å². The lowest BCUT2D eigenvalue weighted by Gasteiger charge is -1.95. The summed E-state index contributed by atoms with van der Waals surface area (Å²) in [4.78, 5) is 15.6. The van der Waals surface area contributed by atoms with E-state index in [0.717, 1.165) is 0 Å². The second-order valence-electron chi connectivity index (χ2n) is 3.19. The molecule has 0 saturated heterocycles. The smallest absolute Gasteiger partial charge is 0.290 e. The highest BCUT2D eigenvalue weighted by Gasteiger charge is 2.13. The first kappa shape index (κ1) is 9.98. The fourth-order valence-electron chi connectivity index (χ4n) is 1.45. The summed E-state index contributed by atoms with van der Waals surface area (Å²) in [6.07, 6.45) is 1.56. The zero-order valence-corrected chi connectivity index (χ0v) is 9.08. The lowest BCUT2D eigenvalue weighted by Crippen LogP contribution is -2.11. The number of halogens is 1. The summed E-state index contributed by atoms with van der Waals surface area (Å²) in [6.45, 7) is 1.74. The standard InChI is InChI=1S/C10H9ClN2O2/c1-6-9(10(14)13(2)15-6)7-3-4-8(11)12-5-7/h3-5H,1-2H3.